The molecule has 0 aliphatic heterocycles. The lowest BCUT2D eigenvalue weighted by atomic mass is 10.1. The fourth-order valence-corrected chi connectivity index (χ4v) is 2.59. The number of aliphatic hydroxyl groups excluding tert-OH is 1. The number of hydrogen-bond donors (Lipinski definition) is 5. The average molecular weight is 378 g/mol. The number of nitrogens with one attached hydrogen (secondary N) is 3. The van der Waals surface area contributed by atoms with E-state index in [9.17, 15) is 9.18 Å². The molecule has 7 nitrogen and oxygen atoms in total. The number of carbonyl (C=O) groups excluding carboxylic acids is 1. The number of benzene rings is 2. The van der Waals surface area contributed by atoms with Gasteiger partial charge in [0.1, 0.15) is 5.82 Å². The van der Waals surface area contributed by atoms with E-state index in [-0.39, 0.29) is 35.8 Å². The van der Waals surface area contributed by atoms with E-state index < -0.39 is 11.7 Å². The van der Waals surface area contributed by atoms with Crippen LogP contribution >= 0.6 is 11.8 Å². The zero-order chi connectivity index (χ0) is 19.1. The number of hydrogen-bond acceptors (Lipinski definition) is 7. The summed E-state index contributed by atoms with van der Waals surface area (Å²) in [7, 11) is 0. The number of anilines is 3. The zero-order valence-electron chi connectivity index (χ0n) is 14.0. The highest BCUT2D eigenvalue weighted by Gasteiger charge is 2.18. The number of rotatable bonds is 8. The second-order valence-corrected chi connectivity index (χ2v) is 5.99. The molecule has 26 heavy (non-hydrogen) atoms. The number of thioether (sulfide) groups is 1. The van der Waals surface area contributed by atoms with Crippen molar-refractivity contribution in [2.45, 2.75) is 4.90 Å². The van der Waals surface area contributed by atoms with Crippen LogP contribution in [0.3, 0.4) is 0 Å². The summed E-state index contributed by atoms with van der Waals surface area (Å²) >= 11 is 1.40. The van der Waals surface area contributed by atoms with Gasteiger partial charge >= 0.3 is 0 Å². The van der Waals surface area contributed by atoms with Crippen LogP contribution in [0, 0.1) is 11.2 Å². The lowest BCUT2D eigenvalue weighted by Crippen LogP contribution is -2.26. The van der Waals surface area contributed by atoms with Gasteiger partial charge in [0.25, 0.3) is 5.91 Å². The number of carbonyl (C=O) groups is 1. The van der Waals surface area contributed by atoms with Crippen molar-refractivity contribution in [1.29, 1.82) is 5.41 Å². The quantitative estimate of drug-likeness (QED) is 0.158. The van der Waals surface area contributed by atoms with Crippen LogP contribution in [0.4, 0.5) is 21.5 Å². The fourth-order valence-electron chi connectivity index (χ4n) is 2.16. The van der Waals surface area contributed by atoms with E-state index in [1.54, 1.807) is 12.1 Å². The van der Waals surface area contributed by atoms with Crippen LogP contribution in [-0.4, -0.2) is 36.7 Å². The predicted molar refractivity (Wildman–Crippen MR) is 101 cm³/mol. The zero-order valence-corrected chi connectivity index (χ0v) is 14.8. The molecule has 2 rings (SSSR count). The maximum Gasteiger partial charge on any atom is 0.277 e. The maximum atomic E-state index is 14.3. The molecule has 0 aromatic heterocycles. The van der Waals surface area contributed by atoms with Crippen molar-refractivity contribution in [1.82, 2.24) is 5.48 Å². The molecule has 1 amide bonds. The number of nitrogen functional groups attached to an aromatic ring is 1. The van der Waals surface area contributed by atoms with E-state index >= 15 is 0 Å². The first-order chi connectivity index (χ1) is 12.5. The van der Waals surface area contributed by atoms with Crippen molar-refractivity contribution in [3.8, 4) is 0 Å². The summed E-state index contributed by atoms with van der Waals surface area (Å²) < 4.78 is 14.3. The number of hydroxylamine groups is 1. The van der Waals surface area contributed by atoms with E-state index in [2.05, 4.69) is 10.8 Å². The molecule has 0 unspecified atom stereocenters. The van der Waals surface area contributed by atoms with Gasteiger partial charge in [0, 0.05) is 16.7 Å². The van der Waals surface area contributed by atoms with Crippen LogP contribution in [0.1, 0.15) is 15.9 Å². The Morgan fingerprint density at radius 2 is 2.19 bits per heavy atom. The molecule has 0 aliphatic carbocycles. The summed E-state index contributed by atoms with van der Waals surface area (Å²) in [5.74, 6) is -1.12. The van der Waals surface area contributed by atoms with E-state index in [4.69, 9.17) is 21.1 Å². The van der Waals surface area contributed by atoms with E-state index in [0.29, 0.717) is 5.56 Å². The van der Waals surface area contributed by atoms with Gasteiger partial charge in [0.2, 0.25) is 0 Å². The summed E-state index contributed by atoms with van der Waals surface area (Å²) in [5.41, 5.74) is 9.13. The van der Waals surface area contributed by atoms with Crippen LogP contribution in [-0.2, 0) is 4.84 Å². The Morgan fingerprint density at radius 1 is 1.42 bits per heavy atom. The molecule has 0 aliphatic rings. The van der Waals surface area contributed by atoms with Crippen molar-refractivity contribution in [3.63, 3.8) is 0 Å². The smallest absolute Gasteiger partial charge is 0.277 e. The predicted octanol–water partition coefficient (Wildman–Crippen LogP) is 2.52. The Morgan fingerprint density at radius 3 is 2.81 bits per heavy atom. The third-order valence-corrected chi connectivity index (χ3v) is 4.20. The molecule has 0 atom stereocenters. The Balaban J connectivity index is 2.41. The van der Waals surface area contributed by atoms with Gasteiger partial charge in [-0.1, -0.05) is 6.07 Å². The first-order valence-corrected chi connectivity index (χ1v) is 8.80. The normalized spacial score (nSPS) is 10.4. The summed E-state index contributed by atoms with van der Waals surface area (Å²) in [6, 6.07) is 7.60. The summed E-state index contributed by atoms with van der Waals surface area (Å²) in [6.45, 7) is -0.333. The van der Waals surface area contributed by atoms with Crippen LogP contribution in [0.15, 0.2) is 35.2 Å². The molecule has 0 saturated heterocycles. The van der Waals surface area contributed by atoms with Gasteiger partial charge in [-0.25, -0.2) is 9.87 Å². The Bertz CT molecular complexity index is 817. The summed E-state index contributed by atoms with van der Waals surface area (Å²) in [4.78, 5) is 17.9. The molecule has 0 saturated carbocycles. The lowest BCUT2D eigenvalue weighted by molar-refractivity contribution is 0.0169. The van der Waals surface area contributed by atoms with Gasteiger partial charge in [-0.05, 0) is 30.5 Å². The van der Waals surface area contributed by atoms with Gasteiger partial charge in [0.15, 0.2) is 0 Å². The van der Waals surface area contributed by atoms with Crippen LogP contribution in [0.2, 0.25) is 0 Å². The summed E-state index contributed by atoms with van der Waals surface area (Å²) in [6.07, 6.45) is 2.87. The molecule has 0 spiro atoms. The van der Waals surface area contributed by atoms with Crippen molar-refractivity contribution in [3.05, 3.63) is 47.3 Å². The minimum absolute atomic E-state index is 0.0761. The number of aliphatic hydroxyl groups is 1. The van der Waals surface area contributed by atoms with Gasteiger partial charge in [-0.15, -0.1) is 11.8 Å². The van der Waals surface area contributed by atoms with Gasteiger partial charge in [0.05, 0.1) is 35.8 Å². The minimum atomic E-state index is -0.620. The second kappa shape index (κ2) is 9.18. The molecular weight excluding hydrogens is 359 g/mol. The Labute approximate surface area is 154 Å². The highest BCUT2D eigenvalue weighted by molar-refractivity contribution is 7.98. The maximum absolute atomic E-state index is 14.3. The topological polar surface area (TPSA) is 120 Å². The van der Waals surface area contributed by atoms with E-state index in [0.717, 1.165) is 11.1 Å². The SMILES string of the molecule is CSc1ccc(Nc2c(C(=O)NOCCO)ccc(C=N)c2N)c(F)c1. The number of amides is 1. The molecule has 0 bridgehead atoms. The Hall–Kier alpha value is -2.62. The molecule has 2 aromatic carbocycles. The van der Waals surface area contributed by atoms with Crippen molar-refractivity contribution < 1.29 is 19.1 Å². The van der Waals surface area contributed by atoms with Crippen molar-refractivity contribution in [2.24, 2.45) is 0 Å². The molecule has 0 radical (unpaired) electrons. The van der Waals surface area contributed by atoms with Gasteiger partial charge in [-0.2, -0.15) is 0 Å². The molecule has 0 fully saturated rings. The highest BCUT2D eigenvalue weighted by Crippen LogP contribution is 2.32. The molecule has 138 valence electrons. The fraction of sp³-hybridized carbons (Fsp3) is 0.176. The minimum Gasteiger partial charge on any atom is -0.396 e. The number of halogens is 1. The molecule has 2 aromatic rings. The molecule has 0 heterocycles. The monoisotopic (exact) mass is 378 g/mol. The number of nitrogens with two attached hydrogens (primary N) is 1. The lowest BCUT2D eigenvalue weighted by Gasteiger charge is -2.17. The third kappa shape index (κ3) is 4.51. The average Bonchev–Trinajstić information content (AvgIpc) is 2.64. The first kappa shape index (κ1) is 19.7. The van der Waals surface area contributed by atoms with Crippen molar-refractivity contribution in [2.75, 3.05) is 30.5 Å². The van der Waals surface area contributed by atoms with Gasteiger partial charge in [-0.3, -0.25) is 9.63 Å². The van der Waals surface area contributed by atoms with Crippen LogP contribution in [0.25, 0.3) is 0 Å². The van der Waals surface area contributed by atoms with E-state index in [1.807, 2.05) is 6.26 Å². The first-order valence-electron chi connectivity index (χ1n) is 7.58. The molecular formula is C17H19FN4O3S. The largest absolute Gasteiger partial charge is 0.396 e. The molecule has 9 heteroatoms. The van der Waals surface area contributed by atoms with Gasteiger partial charge < -0.3 is 21.6 Å². The summed E-state index contributed by atoms with van der Waals surface area (Å²) in [5, 5.41) is 18.9. The molecule has 6 N–H and O–H groups in total. The van der Waals surface area contributed by atoms with E-state index in [1.165, 1.54) is 30.0 Å². The van der Waals surface area contributed by atoms with Crippen molar-refractivity contribution >= 4 is 40.9 Å². The standard InChI is InChI=1S/C17H19FN4O3S/c1-26-11-3-5-14(13(18)8-11)21-16-12(17(24)22-25-7-6-23)4-2-10(9-19)15(16)20/h2-5,8-9,19,21,23H,6-7,20H2,1H3,(H,22,24). The van der Waals surface area contributed by atoms with Crippen LogP contribution < -0.4 is 16.5 Å². The second-order valence-electron chi connectivity index (χ2n) is 5.11. The highest BCUT2D eigenvalue weighted by atomic mass is 32.2. The Kier molecular flexibility index (Phi) is 6.96. The van der Waals surface area contributed by atoms with Crippen LogP contribution in [0.5, 0.6) is 0 Å². The third-order valence-electron chi connectivity index (χ3n) is 3.47.